The van der Waals surface area contributed by atoms with Crippen molar-refractivity contribution < 1.29 is 4.79 Å². The lowest BCUT2D eigenvalue weighted by Crippen LogP contribution is -2.41. The molecule has 2 heterocycles. The van der Waals surface area contributed by atoms with Gasteiger partial charge in [0, 0.05) is 19.5 Å². The Bertz CT molecular complexity index is 380. The number of hydrogen-bond donors (Lipinski definition) is 1. The van der Waals surface area contributed by atoms with Crippen LogP contribution in [0.1, 0.15) is 57.8 Å². The van der Waals surface area contributed by atoms with Crippen molar-refractivity contribution in [1.82, 2.24) is 10.2 Å². The van der Waals surface area contributed by atoms with Gasteiger partial charge in [-0.15, -0.1) is 0 Å². The van der Waals surface area contributed by atoms with E-state index < -0.39 is 0 Å². The molecule has 112 valence electrons. The van der Waals surface area contributed by atoms with Gasteiger partial charge >= 0.3 is 0 Å². The molecule has 20 heavy (non-hydrogen) atoms. The van der Waals surface area contributed by atoms with Gasteiger partial charge in [-0.3, -0.25) is 9.69 Å². The molecule has 3 aliphatic rings. The molecule has 2 fully saturated rings. The van der Waals surface area contributed by atoms with Gasteiger partial charge < -0.3 is 5.32 Å². The first-order valence-electron chi connectivity index (χ1n) is 8.43. The summed E-state index contributed by atoms with van der Waals surface area (Å²) in [4.78, 5) is 14.1. The summed E-state index contributed by atoms with van der Waals surface area (Å²) in [7, 11) is 0. The van der Waals surface area contributed by atoms with Crippen LogP contribution in [0.5, 0.6) is 0 Å². The van der Waals surface area contributed by atoms with E-state index in [2.05, 4.69) is 16.3 Å². The largest absolute Gasteiger partial charge is 0.356 e. The molecule has 1 aliphatic carbocycles. The second kappa shape index (κ2) is 6.30. The summed E-state index contributed by atoms with van der Waals surface area (Å²) in [6.45, 7) is 4.55. The van der Waals surface area contributed by atoms with Crippen LogP contribution in [0.4, 0.5) is 0 Å². The van der Waals surface area contributed by atoms with Crippen LogP contribution >= 0.6 is 0 Å². The standard InChI is InChI=1S/C17H28N2O/c20-16-6-7-17(8-11-18-16)9-12-19(13-10-17)14-15-4-2-1-3-5-15/h4H,1-3,5-14H2,(H,18,20). The minimum atomic E-state index is 0.261. The zero-order valence-corrected chi connectivity index (χ0v) is 12.6. The summed E-state index contributed by atoms with van der Waals surface area (Å²) in [5.41, 5.74) is 2.13. The molecule has 0 aromatic heterocycles. The van der Waals surface area contributed by atoms with Crippen molar-refractivity contribution >= 4 is 5.91 Å². The van der Waals surface area contributed by atoms with Gasteiger partial charge in [0.25, 0.3) is 0 Å². The quantitative estimate of drug-likeness (QED) is 0.787. The lowest BCUT2D eigenvalue weighted by molar-refractivity contribution is -0.121. The normalized spacial score (nSPS) is 27.8. The van der Waals surface area contributed by atoms with Crippen molar-refractivity contribution in [3.63, 3.8) is 0 Å². The average molecular weight is 276 g/mol. The number of amides is 1. The minimum absolute atomic E-state index is 0.261. The predicted octanol–water partition coefficient (Wildman–Crippen LogP) is 2.87. The number of allylic oxidation sites excluding steroid dienone is 1. The topological polar surface area (TPSA) is 32.3 Å². The minimum Gasteiger partial charge on any atom is -0.356 e. The molecule has 0 aromatic rings. The molecule has 1 amide bonds. The Kier molecular flexibility index (Phi) is 4.45. The lowest BCUT2D eigenvalue weighted by Gasteiger charge is -2.41. The molecule has 0 atom stereocenters. The Morgan fingerprint density at radius 1 is 1.10 bits per heavy atom. The molecule has 3 heteroatoms. The van der Waals surface area contributed by atoms with Crippen LogP contribution in [-0.2, 0) is 4.79 Å². The summed E-state index contributed by atoms with van der Waals surface area (Å²) in [6.07, 6.45) is 13.5. The van der Waals surface area contributed by atoms with Crippen LogP contribution in [0.25, 0.3) is 0 Å². The maximum absolute atomic E-state index is 11.5. The molecular weight excluding hydrogens is 248 g/mol. The number of piperidine rings is 1. The second-order valence-corrected chi connectivity index (χ2v) is 6.98. The molecule has 0 aromatic carbocycles. The first-order chi connectivity index (χ1) is 9.76. The van der Waals surface area contributed by atoms with Gasteiger partial charge in [-0.2, -0.15) is 0 Å². The van der Waals surface area contributed by atoms with Crippen LogP contribution in [0.2, 0.25) is 0 Å². The van der Waals surface area contributed by atoms with Gasteiger partial charge in [0.2, 0.25) is 5.91 Å². The Morgan fingerprint density at radius 2 is 1.95 bits per heavy atom. The molecule has 0 unspecified atom stereocenters. The zero-order valence-electron chi connectivity index (χ0n) is 12.6. The third-order valence-corrected chi connectivity index (χ3v) is 5.59. The highest BCUT2D eigenvalue weighted by Gasteiger charge is 2.36. The molecule has 3 nitrogen and oxygen atoms in total. The van der Waals surface area contributed by atoms with Gasteiger partial charge in [0.15, 0.2) is 0 Å². The van der Waals surface area contributed by atoms with Gasteiger partial charge in [-0.05, 0) is 69.9 Å². The molecule has 0 radical (unpaired) electrons. The molecule has 1 N–H and O–H groups in total. The van der Waals surface area contributed by atoms with E-state index in [0.717, 1.165) is 19.4 Å². The first-order valence-corrected chi connectivity index (χ1v) is 8.43. The van der Waals surface area contributed by atoms with Crippen LogP contribution in [0.15, 0.2) is 11.6 Å². The fourth-order valence-electron chi connectivity index (χ4n) is 4.08. The summed E-state index contributed by atoms with van der Waals surface area (Å²) in [6, 6.07) is 0. The number of nitrogens with one attached hydrogen (secondary N) is 1. The van der Waals surface area contributed by atoms with Crippen molar-refractivity contribution in [2.45, 2.75) is 57.8 Å². The third-order valence-electron chi connectivity index (χ3n) is 5.59. The van der Waals surface area contributed by atoms with Crippen molar-refractivity contribution in [3.05, 3.63) is 11.6 Å². The smallest absolute Gasteiger partial charge is 0.220 e. The third kappa shape index (κ3) is 3.43. The number of rotatable bonds is 2. The maximum Gasteiger partial charge on any atom is 0.220 e. The molecule has 2 saturated heterocycles. The number of likely N-dealkylation sites (tertiary alicyclic amines) is 1. The Labute approximate surface area is 122 Å². The van der Waals surface area contributed by atoms with E-state index >= 15 is 0 Å². The summed E-state index contributed by atoms with van der Waals surface area (Å²) >= 11 is 0. The van der Waals surface area contributed by atoms with E-state index in [1.54, 1.807) is 5.57 Å². The Hall–Kier alpha value is -0.830. The Morgan fingerprint density at radius 3 is 2.70 bits per heavy atom. The van der Waals surface area contributed by atoms with Crippen molar-refractivity contribution in [1.29, 1.82) is 0 Å². The van der Waals surface area contributed by atoms with Crippen molar-refractivity contribution in [2.75, 3.05) is 26.2 Å². The highest BCUT2D eigenvalue weighted by atomic mass is 16.1. The van der Waals surface area contributed by atoms with Crippen LogP contribution in [0, 0.1) is 5.41 Å². The van der Waals surface area contributed by atoms with E-state index in [4.69, 9.17) is 0 Å². The molecular formula is C17H28N2O. The second-order valence-electron chi connectivity index (χ2n) is 6.98. The summed E-state index contributed by atoms with van der Waals surface area (Å²) < 4.78 is 0. The van der Waals surface area contributed by atoms with Gasteiger partial charge in [0.05, 0.1) is 0 Å². The van der Waals surface area contributed by atoms with Crippen LogP contribution < -0.4 is 5.32 Å². The number of hydrogen-bond acceptors (Lipinski definition) is 2. The highest BCUT2D eigenvalue weighted by molar-refractivity contribution is 5.76. The van der Waals surface area contributed by atoms with E-state index in [0.29, 0.717) is 5.41 Å². The lowest BCUT2D eigenvalue weighted by atomic mass is 9.73. The Balaban J connectivity index is 1.51. The van der Waals surface area contributed by atoms with Crippen LogP contribution in [-0.4, -0.2) is 37.0 Å². The number of nitrogens with zero attached hydrogens (tertiary/aromatic N) is 1. The van der Waals surface area contributed by atoms with Crippen molar-refractivity contribution in [3.8, 4) is 0 Å². The molecule has 0 saturated carbocycles. The van der Waals surface area contributed by atoms with Gasteiger partial charge in [0.1, 0.15) is 0 Å². The molecule has 0 bridgehead atoms. The number of carbonyl (C=O) groups is 1. The monoisotopic (exact) mass is 276 g/mol. The van der Waals surface area contributed by atoms with E-state index in [-0.39, 0.29) is 5.91 Å². The fraction of sp³-hybridized carbons (Fsp3) is 0.824. The van der Waals surface area contributed by atoms with E-state index in [1.807, 2.05) is 0 Å². The van der Waals surface area contributed by atoms with Crippen LogP contribution in [0.3, 0.4) is 0 Å². The summed E-state index contributed by atoms with van der Waals surface area (Å²) in [5, 5.41) is 3.03. The number of carbonyl (C=O) groups excluding carboxylic acids is 1. The molecule has 1 spiro atoms. The molecule has 2 aliphatic heterocycles. The first kappa shape index (κ1) is 14.1. The predicted molar refractivity (Wildman–Crippen MR) is 81.5 cm³/mol. The fourth-order valence-corrected chi connectivity index (χ4v) is 4.08. The van der Waals surface area contributed by atoms with Gasteiger partial charge in [-0.25, -0.2) is 0 Å². The SMILES string of the molecule is O=C1CCC2(CCN1)CCN(CC1=CCCCC1)CC2. The maximum atomic E-state index is 11.5. The zero-order chi connectivity index (χ0) is 13.8. The van der Waals surface area contributed by atoms with E-state index in [1.165, 1.54) is 64.6 Å². The highest BCUT2D eigenvalue weighted by Crippen LogP contribution is 2.40. The van der Waals surface area contributed by atoms with Crippen molar-refractivity contribution in [2.24, 2.45) is 5.41 Å². The molecule has 3 rings (SSSR count). The summed E-state index contributed by atoms with van der Waals surface area (Å²) in [5.74, 6) is 0.261. The van der Waals surface area contributed by atoms with Gasteiger partial charge in [-0.1, -0.05) is 11.6 Å². The average Bonchev–Trinajstić information content (AvgIpc) is 2.66. The van der Waals surface area contributed by atoms with E-state index in [9.17, 15) is 4.79 Å².